The van der Waals surface area contributed by atoms with Gasteiger partial charge in [0.15, 0.2) is 0 Å². The largest absolute Gasteiger partial charge is 0.397 e. The van der Waals surface area contributed by atoms with Crippen LogP contribution in [0.1, 0.15) is 10.5 Å². The molecule has 11 heavy (non-hydrogen) atoms. The maximum atomic E-state index is 10.8. The molecule has 1 aromatic heterocycles. The molecule has 0 fully saturated rings. The van der Waals surface area contributed by atoms with Gasteiger partial charge in [0.05, 0.1) is 11.9 Å². The predicted molar refractivity (Wildman–Crippen MR) is 40.3 cm³/mol. The molecule has 1 heterocycles. The Bertz CT molecular complexity index is 256. The van der Waals surface area contributed by atoms with E-state index in [-0.39, 0.29) is 5.69 Å². The molecule has 1 amide bonds. The van der Waals surface area contributed by atoms with E-state index in [1.165, 1.54) is 12.3 Å². The molecule has 1 rings (SSSR count). The van der Waals surface area contributed by atoms with Crippen LogP contribution in [0.2, 0.25) is 0 Å². The van der Waals surface area contributed by atoms with Crippen LogP contribution >= 0.6 is 0 Å². The Morgan fingerprint density at radius 1 is 1.55 bits per heavy atom. The van der Waals surface area contributed by atoms with E-state index in [1.807, 2.05) is 5.43 Å². The second kappa shape index (κ2) is 2.98. The number of amides is 1. The van der Waals surface area contributed by atoms with Gasteiger partial charge in [-0.15, -0.1) is 0 Å². The van der Waals surface area contributed by atoms with Gasteiger partial charge in [0.2, 0.25) is 0 Å². The van der Waals surface area contributed by atoms with E-state index < -0.39 is 5.91 Å². The first-order chi connectivity index (χ1) is 5.24. The molecule has 58 valence electrons. The van der Waals surface area contributed by atoms with Crippen molar-refractivity contribution in [2.45, 2.75) is 0 Å². The number of nitrogens with one attached hydrogen (secondary N) is 1. The molecule has 0 aliphatic rings. The number of nitrogens with zero attached hydrogens (tertiary/aromatic N) is 1. The zero-order valence-electron chi connectivity index (χ0n) is 5.74. The predicted octanol–water partition coefficient (Wildman–Crippen LogP) is -0.733. The molecular weight excluding hydrogens is 144 g/mol. The lowest BCUT2D eigenvalue weighted by molar-refractivity contribution is 0.0949. The molecule has 0 saturated heterocycles. The highest BCUT2D eigenvalue weighted by molar-refractivity contribution is 5.91. The third-order valence-corrected chi connectivity index (χ3v) is 1.15. The summed E-state index contributed by atoms with van der Waals surface area (Å²) in [5.41, 5.74) is 8.07. The van der Waals surface area contributed by atoms with Crippen molar-refractivity contribution in [2.24, 2.45) is 5.84 Å². The second-order valence-electron chi connectivity index (χ2n) is 1.95. The van der Waals surface area contributed by atoms with E-state index in [0.717, 1.165) is 0 Å². The quantitative estimate of drug-likeness (QED) is 0.281. The second-order valence-corrected chi connectivity index (χ2v) is 1.95. The van der Waals surface area contributed by atoms with Gasteiger partial charge >= 0.3 is 0 Å². The molecule has 0 aliphatic carbocycles. The molecule has 0 atom stereocenters. The van der Waals surface area contributed by atoms with Crippen molar-refractivity contribution in [1.82, 2.24) is 10.4 Å². The summed E-state index contributed by atoms with van der Waals surface area (Å²) < 4.78 is 0. The zero-order chi connectivity index (χ0) is 8.27. The first kappa shape index (κ1) is 7.49. The van der Waals surface area contributed by atoms with Crippen LogP contribution in [-0.2, 0) is 0 Å². The molecule has 0 bridgehead atoms. The number of carbonyl (C=O) groups excluding carboxylic acids is 1. The Kier molecular flexibility index (Phi) is 2.03. The average molecular weight is 152 g/mol. The number of hydrogen-bond donors (Lipinski definition) is 3. The van der Waals surface area contributed by atoms with Crippen molar-refractivity contribution in [1.29, 1.82) is 0 Å². The van der Waals surface area contributed by atoms with Crippen LogP contribution in [0.3, 0.4) is 0 Å². The van der Waals surface area contributed by atoms with Gasteiger partial charge < -0.3 is 5.73 Å². The van der Waals surface area contributed by atoms with Crippen LogP contribution < -0.4 is 17.0 Å². The maximum Gasteiger partial charge on any atom is 0.283 e. The summed E-state index contributed by atoms with van der Waals surface area (Å²) in [5, 5.41) is 0. The summed E-state index contributed by atoms with van der Waals surface area (Å²) in [6.45, 7) is 0. The smallest absolute Gasteiger partial charge is 0.283 e. The highest BCUT2D eigenvalue weighted by Gasteiger charge is 2.02. The first-order valence-corrected chi connectivity index (χ1v) is 2.96. The number of nitrogens with two attached hydrogens (primary N) is 2. The van der Waals surface area contributed by atoms with Crippen molar-refractivity contribution >= 4 is 11.6 Å². The van der Waals surface area contributed by atoms with Crippen molar-refractivity contribution in [3.63, 3.8) is 0 Å². The van der Waals surface area contributed by atoms with Crippen molar-refractivity contribution in [2.75, 3.05) is 5.73 Å². The molecule has 0 aromatic carbocycles. The number of hydrogen-bond acceptors (Lipinski definition) is 4. The average Bonchev–Trinajstić information content (AvgIpc) is 2.05. The lowest BCUT2D eigenvalue weighted by atomic mass is 10.3. The van der Waals surface area contributed by atoms with Gasteiger partial charge in [0.25, 0.3) is 5.91 Å². The Hall–Kier alpha value is -1.62. The standard InChI is InChI=1S/C6H8N4O/c7-4-1-2-5(9-3-4)6(11)10-8/h1-3H,7-8H2,(H,10,11). The molecule has 5 heteroatoms. The normalized spacial score (nSPS) is 9.18. The van der Waals surface area contributed by atoms with Crippen molar-refractivity contribution in [3.8, 4) is 0 Å². The Balaban J connectivity index is 2.90. The van der Waals surface area contributed by atoms with Gasteiger partial charge in [0.1, 0.15) is 5.69 Å². The van der Waals surface area contributed by atoms with Gasteiger partial charge in [-0.3, -0.25) is 10.2 Å². The summed E-state index contributed by atoms with van der Waals surface area (Å²) in [6, 6.07) is 3.08. The van der Waals surface area contributed by atoms with E-state index >= 15 is 0 Å². The van der Waals surface area contributed by atoms with Crippen LogP contribution in [0.5, 0.6) is 0 Å². The summed E-state index contributed by atoms with van der Waals surface area (Å²) >= 11 is 0. The number of hydrazine groups is 1. The third-order valence-electron chi connectivity index (χ3n) is 1.15. The minimum absolute atomic E-state index is 0.252. The van der Waals surface area contributed by atoms with Crippen LogP contribution in [0.25, 0.3) is 0 Å². The molecule has 0 unspecified atom stereocenters. The molecular formula is C6H8N4O. The van der Waals surface area contributed by atoms with E-state index in [2.05, 4.69) is 4.98 Å². The number of aromatic nitrogens is 1. The molecule has 5 nitrogen and oxygen atoms in total. The fourth-order valence-electron chi connectivity index (χ4n) is 0.614. The van der Waals surface area contributed by atoms with Crippen LogP contribution in [0.15, 0.2) is 18.3 Å². The van der Waals surface area contributed by atoms with E-state index in [1.54, 1.807) is 6.07 Å². The van der Waals surface area contributed by atoms with Crippen LogP contribution in [-0.4, -0.2) is 10.9 Å². The zero-order valence-corrected chi connectivity index (χ0v) is 5.74. The Labute approximate surface area is 63.4 Å². The number of nitrogen functional groups attached to an aromatic ring is 2. The van der Waals surface area contributed by atoms with Crippen LogP contribution in [0.4, 0.5) is 5.69 Å². The Morgan fingerprint density at radius 3 is 2.73 bits per heavy atom. The van der Waals surface area contributed by atoms with Crippen LogP contribution in [0, 0.1) is 0 Å². The van der Waals surface area contributed by atoms with Gasteiger partial charge in [-0.05, 0) is 12.1 Å². The van der Waals surface area contributed by atoms with E-state index in [0.29, 0.717) is 5.69 Å². The summed E-state index contributed by atoms with van der Waals surface area (Å²) in [5.74, 6) is 4.45. The summed E-state index contributed by atoms with van der Waals surface area (Å²) in [7, 11) is 0. The lowest BCUT2D eigenvalue weighted by Gasteiger charge is -1.97. The van der Waals surface area contributed by atoms with Gasteiger partial charge in [-0.1, -0.05) is 0 Å². The molecule has 0 spiro atoms. The SMILES string of the molecule is NNC(=O)c1ccc(N)cn1. The lowest BCUT2D eigenvalue weighted by Crippen LogP contribution is -2.30. The molecule has 1 aromatic rings. The maximum absolute atomic E-state index is 10.8. The number of anilines is 1. The van der Waals surface area contributed by atoms with Gasteiger partial charge in [-0.2, -0.15) is 0 Å². The highest BCUT2D eigenvalue weighted by Crippen LogP contribution is 1.99. The topological polar surface area (TPSA) is 94.0 Å². The number of pyridine rings is 1. The monoisotopic (exact) mass is 152 g/mol. The minimum Gasteiger partial charge on any atom is -0.397 e. The first-order valence-electron chi connectivity index (χ1n) is 2.96. The fraction of sp³-hybridized carbons (Fsp3) is 0. The van der Waals surface area contributed by atoms with E-state index in [4.69, 9.17) is 11.6 Å². The van der Waals surface area contributed by atoms with Gasteiger partial charge in [0, 0.05) is 0 Å². The summed E-state index contributed by atoms with van der Waals surface area (Å²) in [4.78, 5) is 14.5. The molecule has 0 saturated carbocycles. The fourth-order valence-corrected chi connectivity index (χ4v) is 0.614. The number of rotatable bonds is 1. The van der Waals surface area contributed by atoms with E-state index in [9.17, 15) is 4.79 Å². The van der Waals surface area contributed by atoms with Gasteiger partial charge in [-0.25, -0.2) is 10.8 Å². The number of carbonyl (C=O) groups is 1. The summed E-state index contributed by atoms with van der Waals surface area (Å²) in [6.07, 6.45) is 1.39. The minimum atomic E-state index is -0.426. The highest BCUT2D eigenvalue weighted by atomic mass is 16.2. The molecule has 5 N–H and O–H groups in total. The van der Waals surface area contributed by atoms with Crippen molar-refractivity contribution < 1.29 is 4.79 Å². The third kappa shape index (κ3) is 1.65. The van der Waals surface area contributed by atoms with Crippen molar-refractivity contribution in [3.05, 3.63) is 24.0 Å². The molecule has 0 radical (unpaired) electrons. The molecule has 0 aliphatic heterocycles. The Morgan fingerprint density at radius 2 is 2.27 bits per heavy atom.